The maximum Gasteiger partial charge on any atom is 0.414 e. The van der Waals surface area contributed by atoms with Crippen LogP contribution in [0, 0.1) is 6.92 Å². The molecule has 3 nitrogen and oxygen atoms in total. The number of anilines is 1. The molecule has 0 radical (unpaired) electrons. The van der Waals surface area contributed by atoms with E-state index in [1.807, 2.05) is 42.5 Å². The van der Waals surface area contributed by atoms with Gasteiger partial charge < -0.3 is 4.74 Å². The number of ether oxygens (including phenoxy) is 1. The summed E-state index contributed by atoms with van der Waals surface area (Å²) in [6.45, 7) is 6.17. The SMILES string of the molecule is C=CCN(C(=O)OC)c1ccccc1/C=C/c1ccccc1C. The van der Waals surface area contributed by atoms with Crippen molar-refractivity contribution in [3.05, 3.63) is 77.9 Å². The van der Waals surface area contributed by atoms with Crippen molar-refractivity contribution in [2.24, 2.45) is 0 Å². The summed E-state index contributed by atoms with van der Waals surface area (Å²) in [4.78, 5) is 13.6. The highest BCUT2D eigenvalue weighted by molar-refractivity contribution is 5.92. The largest absolute Gasteiger partial charge is 0.452 e. The Morgan fingerprint density at radius 1 is 1.09 bits per heavy atom. The number of carbonyl (C=O) groups excluding carboxylic acids is 1. The zero-order chi connectivity index (χ0) is 16.7. The van der Waals surface area contributed by atoms with Gasteiger partial charge in [-0.25, -0.2) is 4.79 Å². The lowest BCUT2D eigenvalue weighted by atomic mass is 10.1. The number of nitrogens with zero attached hydrogens (tertiary/aromatic N) is 1. The molecule has 0 spiro atoms. The topological polar surface area (TPSA) is 29.5 Å². The number of benzene rings is 2. The molecular weight excluding hydrogens is 286 g/mol. The number of para-hydroxylation sites is 1. The van der Waals surface area contributed by atoms with Crippen LogP contribution >= 0.6 is 0 Å². The number of methoxy groups -OCH3 is 1. The van der Waals surface area contributed by atoms with Gasteiger partial charge in [0.15, 0.2) is 0 Å². The molecule has 3 heteroatoms. The van der Waals surface area contributed by atoms with Crippen LogP contribution in [-0.2, 0) is 4.74 Å². The summed E-state index contributed by atoms with van der Waals surface area (Å²) in [5.41, 5.74) is 4.10. The van der Waals surface area contributed by atoms with Crippen molar-refractivity contribution in [3.8, 4) is 0 Å². The van der Waals surface area contributed by atoms with Gasteiger partial charge in [-0.3, -0.25) is 4.90 Å². The summed E-state index contributed by atoms with van der Waals surface area (Å²) >= 11 is 0. The average Bonchev–Trinajstić information content (AvgIpc) is 2.59. The van der Waals surface area contributed by atoms with Gasteiger partial charge in [0.2, 0.25) is 0 Å². The zero-order valence-electron chi connectivity index (χ0n) is 13.5. The maximum absolute atomic E-state index is 12.0. The smallest absolute Gasteiger partial charge is 0.414 e. The molecule has 0 atom stereocenters. The molecule has 0 saturated heterocycles. The van der Waals surface area contributed by atoms with Crippen LogP contribution in [0.1, 0.15) is 16.7 Å². The van der Waals surface area contributed by atoms with Gasteiger partial charge >= 0.3 is 6.09 Å². The fraction of sp³-hybridized carbons (Fsp3) is 0.150. The number of hydrogen-bond acceptors (Lipinski definition) is 2. The van der Waals surface area contributed by atoms with Gasteiger partial charge in [-0.15, -0.1) is 6.58 Å². The fourth-order valence-corrected chi connectivity index (χ4v) is 2.34. The number of carbonyl (C=O) groups is 1. The number of amides is 1. The van der Waals surface area contributed by atoms with Crippen LogP contribution in [-0.4, -0.2) is 19.7 Å². The molecule has 0 heterocycles. The van der Waals surface area contributed by atoms with Gasteiger partial charge in [0.25, 0.3) is 0 Å². The Kier molecular flexibility index (Phi) is 5.75. The van der Waals surface area contributed by atoms with Gasteiger partial charge in [-0.1, -0.05) is 60.7 Å². The summed E-state index contributed by atoms with van der Waals surface area (Å²) in [6, 6.07) is 15.9. The van der Waals surface area contributed by atoms with Crippen LogP contribution in [0.3, 0.4) is 0 Å². The van der Waals surface area contributed by atoms with E-state index in [2.05, 4.69) is 31.7 Å². The number of aryl methyl sites for hydroxylation is 1. The predicted molar refractivity (Wildman–Crippen MR) is 96.5 cm³/mol. The summed E-state index contributed by atoms with van der Waals surface area (Å²) in [5.74, 6) is 0. The first-order chi connectivity index (χ1) is 11.2. The zero-order valence-corrected chi connectivity index (χ0v) is 13.5. The quantitative estimate of drug-likeness (QED) is 0.579. The summed E-state index contributed by atoms with van der Waals surface area (Å²) in [6.07, 6.45) is 5.34. The Morgan fingerprint density at radius 2 is 1.70 bits per heavy atom. The van der Waals surface area contributed by atoms with Crippen LogP contribution < -0.4 is 4.90 Å². The molecule has 0 fully saturated rings. The molecule has 0 aliphatic heterocycles. The minimum absolute atomic E-state index is 0.391. The van der Waals surface area contributed by atoms with Crippen molar-refractivity contribution in [1.82, 2.24) is 0 Å². The third-order valence-electron chi connectivity index (χ3n) is 3.57. The van der Waals surface area contributed by atoms with Crippen molar-refractivity contribution >= 4 is 23.9 Å². The first-order valence-corrected chi connectivity index (χ1v) is 7.46. The number of hydrogen-bond donors (Lipinski definition) is 0. The van der Waals surface area contributed by atoms with Crippen molar-refractivity contribution in [3.63, 3.8) is 0 Å². The van der Waals surface area contributed by atoms with Crippen molar-refractivity contribution < 1.29 is 9.53 Å². The second-order valence-corrected chi connectivity index (χ2v) is 5.12. The van der Waals surface area contributed by atoms with Crippen LogP contribution in [0.15, 0.2) is 61.2 Å². The van der Waals surface area contributed by atoms with E-state index in [-0.39, 0.29) is 0 Å². The third kappa shape index (κ3) is 4.10. The van der Waals surface area contributed by atoms with E-state index in [4.69, 9.17) is 4.74 Å². The van der Waals surface area contributed by atoms with E-state index in [0.717, 1.165) is 16.8 Å². The lowest BCUT2D eigenvalue weighted by Crippen LogP contribution is -2.31. The van der Waals surface area contributed by atoms with Gasteiger partial charge in [-0.05, 0) is 29.7 Å². The van der Waals surface area contributed by atoms with Crippen molar-refractivity contribution in [2.45, 2.75) is 6.92 Å². The second-order valence-electron chi connectivity index (χ2n) is 5.12. The summed E-state index contributed by atoms with van der Waals surface area (Å²) in [7, 11) is 1.38. The third-order valence-corrected chi connectivity index (χ3v) is 3.57. The Labute approximate surface area is 137 Å². The van der Waals surface area contributed by atoms with E-state index in [0.29, 0.717) is 6.54 Å². The Bertz CT molecular complexity index is 719. The van der Waals surface area contributed by atoms with Crippen LogP contribution in [0.25, 0.3) is 12.2 Å². The Morgan fingerprint density at radius 3 is 2.35 bits per heavy atom. The fourth-order valence-electron chi connectivity index (χ4n) is 2.34. The highest BCUT2D eigenvalue weighted by Crippen LogP contribution is 2.24. The monoisotopic (exact) mass is 307 g/mol. The Hall–Kier alpha value is -2.81. The molecule has 118 valence electrons. The van der Waals surface area contributed by atoms with Gasteiger partial charge in [-0.2, -0.15) is 0 Å². The predicted octanol–water partition coefficient (Wildman–Crippen LogP) is 4.92. The molecule has 0 aliphatic carbocycles. The van der Waals surface area contributed by atoms with E-state index < -0.39 is 6.09 Å². The molecule has 23 heavy (non-hydrogen) atoms. The Balaban J connectivity index is 2.38. The first kappa shape index (κ1) is 16.6. The van der Waals surface area contributed by atoms with Crippen LogP contribution in [0.2, 0.25) is 0 Å². The highest BCUT2D eigenvalue weighted by atomic mass is 16.5. The minimum atomic E-state index is -0.401. The van der Waals surface area contributed by atoms with Crippen molar-refractivity contribution in [2.75, 3.05) is 18.6 Å². The molecular formula is C20H21NO2. The molecule has 0 aliphatic rings. The van der Waals surface area contributed by atoms with Gasteiger partial charge in [0.05, 0.1) is 12.8 Å². The summed E-state index contributed by atoms with van der Waals surface area (Å²) in [5, 5.41) is 0. The molecule has 0 unspecified atom stereocenters. The lowest BCUT2D eigenvalue weighted by Gasteiger charge is -2.21. The number of rotatable bonds is 5. The van der Waals surface area contributed by atoms with Crippen molar-refractivity contribution in [1.29, 1.82) is 0 Å². The first-order valence-electron chi connectivity index (χ1n) is 7.46. The summed E-state index contributed by atoms with van der Waals surface area (Å²) < 4.78 is 4.87. The maximum atomic E-state index is 12.0. The average molecular weight is 307 g/mol. The molecule has 0 saturated carbocycles. The lowest BCUT2D eigenvalue weighted by molar-refractivity contribution is 0.179. The molecule has 1 amide bonds. The van der Waals surface area contributed by atoms with E-state index >= 15 is 0 Å². The normalized spacial score (nSPS) is 10.5. The molecule has 0 bridgehead atoms. The molecule has 2 rings (SSSR count). The van der Waals surface area contributed by atoms with E-state index in [1.54, 1.807) is 11.0 Å². The van der Waals surface area contributed by atoms with Gasteiger partial charge in [0.1, 0.15) is 0 Å². The van der Waals surface area contributed by atoms with Gasteiger partial charge in [0, 0.05) is 6.54 Å². The van der Waals surface area contributed by atoms with E-state index in [9.17, 15) is 4.79 Å². The van der Waals surface area contributed by atoms with E-state index in [1.165, 1.54) is 12.7 Å². The molecule has 2 aromatic rings. The van der Waals surface area contributed by atoms with Crippen LogP contribution in [0.5, 0.6) is 0 Å². The molecule has 2 aromatic carbocycles. The minimum Gasteiger partial charge on any atom is -0.452 e. The highest BCUT2D eigenvalue weighted by Gasteiger charge is 2.16. The van der Waals surface area contributed by atoms with Crippen LogP contribution in [0.4, 0.5) is 10.5 Å². The second kappa shape index (κ2) is 7.99. The molecule has 0 aromatic heterocycles. The standard InChI is InChI=1S/C20H21NO2/c1-4-15-21(20(22)23-3)19-12-8-7-11-18(19)14-13-17-10-6-5-9-16(17)2/h4-14H,1,15H2,2-3H3/b14-13+. The molecule has 0 N–H and O–H groups in total.